The number of morpholine rings is 1. The van der Waals surface area contributed by atoms with Crippen LogP contribution in [0.1, 0.15) is 12.5 Å². The maximum Gasteiger partial charge on any atom is 0.245 e. The lowest BCUT2D eigenvalue weighted by atomic mass is 10.1. The number of hydrogen-bond donors (Lipinski definition) is 1. The van der Waals surface area contributed by atoms with Gasteiger partial charge < -0.3 is 15.0 Å². The number of nitrogens with zero attached hydrogens (tertiary/aromatic N) is 2. The number of carbonyl (C=O) groups excluding carboxylic acids is 1. The Bertz CT molecular complexity index is 496. The summed E-state index contributed by atoms with van der Waals surface area (Å²) >= 11 is 0. The van der Waals surface area contributed by atoms with E-state index >= 15 is 0 Å². The minimum Gasteiger partial charge on any atom is -0.377 e. The highest BCUT2D eigenvalue weighted by atomic mass is 16.5. The average molecular weight is 259 g/mol. The molecule has 1 fully saturated rings. The predicted octanol–water partition coefficient (Wildman–Crippen LogP) is 0.900. The van der Waals surface area contributed by atoms with Gasteiger partial charge >= 0.3 is 0 Å². The van der Waals surface area contributed by atoms with E-state index in [1.807, 2.05) is 24.0 Å². The van der Waals surface area contributed by atoms with Gasteiger partial charge in [-0.1, -0.05) is 6.07 Å². The fourth-order valence-corrected chi connectivity index (χ4v) is 2.18. The van der Waals surface area contributed by atoms with Gasteiger partial charge in [-0.3, -0.25) is 4.79 Å². The molecule has 5 nitrogen and oxygen atoms in total. The van der Waals surface area contributed by atoms with E-state index in [0.29, 0.717) is 31.9 Å². The Morgan fingerprint density at radius 2 is 2.47 bits per heavy atom. The molecule has 1 atom stereocenters. The smallest absolute Gasteiger partial charge is 0.245 e. The molecule has 19 heavy (non-hydrogen) atoms. The molecular formula is C14H17N3O2. The second-order valence-corrected chi connectivity index (χ2v) is 4.34. The van der Waals surface area contributed by atoms with Gasteiger partial charge in [-0.15, -0.1) is 0 Å². The first-order valence-electron chi connectivity index (χ1n) is 6.38. The van der Waals surface area contributed by atoms with Crippen molar-refractivity contribution in [2.45, 2.75) is 13.0 Å². The zero-order chi connectivity index (χ0) is 13.7. The van der Waals surface area contributed by atoms with Crippen LogP contribution in [0.25, 0.3) is 0 Å². The van der Waals surface area contributed by atoms with E-state index in [-0.39, 0.29) is 11.9 Å². The second-order valence-electron chi connectivity index (χ2n) is 4.34. The molecule has 0 radical (unpaired) electrons. The lowest BCUT2D eigenvalue weighted by Gasteiger charge is -2.36. The Balaban J connectivity index is 2.23. The van der Waals surface area contributed by atoms with E-state index in [1.165, 1.54) is 0 Å². The minimum atomic E-state index is -0.331. The van der Waals surface area contributed by atoms with Crippen molar-refractivity contribution in [1.82, 2.24) is 5.32 Å². The number of anilines is 1. The molecule has 1 heterocycles. The zero-order valence-electron chi connectivity index (χ0n) is 10.9. The van der Waals surface area contributed by atoms with Gasteiger partial charge in [0.15, 0.2) is 0 Å². The molecule has 1 aliphatic rings. The van der Waals surface area contributed by atoms with E-state index in [0.717, 1.165) is 5.69 Å². The van der Waals surface area contributed by atoms with Gasteiger partial charge in [0, 0.05) is 18.8 Å². The Labute approximate surface area is 112 Å². The summed E-state index contributed by atoms with van der Waals surface area (Å²) in [6, 6.07) is 9.09. The van der Waals surface area contributed by atoms with Crippen LogP contribution in [0.15, 0.2) is 24.3 Å². The van der Waals surface area contributed by atoms with Gasteiger partial charge in [-0.2, -0.15) is 5.26 Å². The topological polar surface area (TPSA) is 65.4 Å². The van der Waals surface area contributed by atoms with Crippen molar-refractivity contribution in [2.75, 3.05) is 31.2 Å². The summed E-state index contributed by atoms with van der Waals surface area (Å²) in [6.07, 6.45) is 0. The quantitative estimate of drug-likeness (QED) is 0.876. The summed E-state index contributed by atoms with van der Waals surface area (Å²) in [5.74, 6) is -0.0374. The fourth-order valence-electron chi connectivity index (χ4n) is 2.18. The maximum absolute atomic E-state index is 12.0. The number of likely N-dealkylation sites (N-methyl/N-ethyl adjacent to an activating group) is 1. The van der Waals surface area contributed by atoms with Crippen LogP contribution in [0.2, 0.25) is 0 Å². The monoisotopic (exact) mass is 259 g/mol. The second kappa shape index (κ2) is 6.21. The molecule has 1 aliphatic heterocycles. The Hall–Kier alpha value is -2.06. The molecule has 0 saturated carbocycles. The van der Waals surface area contributed by atoms with E-state index in [1.54, 1.807) is 12.1 Å². The number of hydrogen-bond acceptors (Lipinski definition) is 4. The van der Waals surface area contributed by atoms with Crippen LogP contribution >= 0.6 is 0 Å². The molecule has 1 aromatic carbocycles. The Kier molecular flexibility index (Phi) is 4.37. The van der Waals surface area contributed by atoms with Crippen molar-refractivity contribution in [2.24, 2.45) is 0 Å². The zero-order valence-corrected chi connectivity index (χ0v) is 10.9. The Morgan fingerprint density at radius 3 is 3.21 bits per heavy atom. The molecule has 1 aromatic rings. The van der Waals surface area contributed by atoms with Crippen LogP contribution in [-0.4, -0.2) is 38.3 Å². The van der Waals surface area contributed by atoms with Crippen molar-refractivity contribution in [3.05, 3.63) is 29.8 Å². The first-order chi connectivity index (χ1) is 9.26. The molecule has 1 saturated heterocycles. The molecule has 0 bridgehead atoms. The van der Waals surface area contributed by atoms with Gasteiger partial charge in [0.2, 0.25) is 5.91 Å². The van der Waals surface area contributed by atoms with Crippen molar-refractivity contribution in [1.29, 1.82) is 5.26 Å². The molecule has 0 spiro atoms. The first-order valence-corrected chi connectivity index (χ1v) is 6.38. The van der Waals surface area contributed by atoms with Crippen molar-refractivity contribution in [3.8, 4) is 6.07 Å². The number of rotatable bonds is 3. The highest BCUT2D eigenvalue weighted by Gasteiger charge is 2.29. The molecule has 0 aliphatic carbocycles. The van der Waals surface area contributed by atoms with Crippen LogP contribution in [-0.2, 0) is 9.53 Å². The lowest BCUT2D eigenvalue weighted by molar-refractivity contribution is -0.124. The van der Waals surface area contributed by atoms with Gasteiger partial charge in [-0.05, 0) is 25.1 Å². The number of nitriles is 1. The molecule has 5 heteroatoms. The average Bonchev–Trinajstić information content (AvgIpc) is 2.47. The van der Waals surface area contributed by atoms with Crippen molar-refractivity contribution >= 4 is 11.6 Å². The Morgan fingerprint density at radius 1 is 1.63 bits per heavy atom. The summed E-state index contributed by atoms with van der Waals surface area (Å²) < 4.78 is 5.39. The number of benzene rings is 1. The third-order valence-corrected chi connectivity index (χ3v) is 3.09. The van der Waals surface area contributed by atoms with E-state index < -0.39 is 0 Å². The highest BCUT2D eigenvalue weighted by Crippen LogP contribution is 2.21. The highest BCUT2D eigenvalue weighted by molar-refractivity contribution is 5.85. The maximum atomic E-state index is 12.0. The van der Waals surface area contributed by atoms with Crippen LogP contribution < -0.4 is 10.2 Å². The fraction of sp³-hybridized carbons (Fsp3) is 0.429. The normalized spacial score (nSPS) is 18.7. The van der Waals surface area contributed by atoms with Gasteiger partial charge in [0.05, 0.1) is 24.8 Å². The largest absolute Gasteiger partial charge is 0.377 e. The SMILES string of the molecule is CCNC(=O)C1COCCN1c1cccc(C#N)c1. The molecule has 1 N–H and O–H groups in total. The molecule has 1 amide bonds. The molecule has 100 valence electrons. The first kappa shape index (κ1) is 13.4. The standard InChI is InChI=1S/C14H17N3O2/c1-2-16-14(18)13-10-19-7-6-17(13)12-5-3-4-11(8-12)9-15/h3-5,8,13H,2,6-7,10H2,1H3,(H,16,18). The summed E-state index contributed by atoms with van der Waals surface area (Å²) in [7, 11) is 0. The van der Waals surface area contributed by atoms with E-state index in [9.17, 15) is 4.79 Å². The van der Waals surface area contributed by atoms with Crippen LogP contribution in [0.4, 0.5) is 5.69 Å². The predicted molar refractivity (Wildman–Crippen MR) is 71.8 cm³/mol. The number of carbonyl (C=O) groups is 1. The summed E-state index contributed by atoms with van der Waals surface area (Å²) in [6.45, 7) is 4.11. The van der Waals surface area contributed by atoms with Gasteiger partial charge in [0.25, 0.3) is 0 Å². The third kappa shape index (κ3) is 3.04. The molecule has 1 unspecified atom stereocenters. The summed E-state index contributed by atoms with van der Waals surface area (Å²) in [5, 5.41) is 11.8. The van der Waals surface area contributed by atoms with Crippen molar-refractivity contribution in [3.63, 3.8) is 0 Å². The molecule has 2 rings (SSSR count). The van der Waals surface area contributed by atoms with Crippen LogP contribution in [0.3, 0.4) is 0 Å². The number of amides is 1. The third-order valence-electron chi connectivity index (χ3n) is 3.09. The summed E-state index contributed by atoms with van der Waals surface area (Å²) in [5.41, 5.74) is 1.48. The number of nitrogens with one attached hydrogen (secondary N) is 1. The van der Waals surface area contributed by atoms with Crippen LogP contribution in [0.5, 0.6) is 0 Å². The molecule has 0 aromatic heterocycles. The molecular weight excluding hydrogens is 242 g/mol. The van der Waals surface area contributed by atoms with Crippen LogP contribution in [0, 0.1) is 11.3 Å². The van der Waals surface area contributed by atoms with Gasteiger partial charge in [-0.25, -0.2) is 0 Å². The van der Waals surface area contributed by atoms with E-state index in [4.69, 9.17) is 10.00 Å². The lowest BCUT2D eigenvalue weighted by Crippen LogP contribution is -2.54. The number of ether oxygens (including phenoxy) is 1. The van der Waals surface area contributed by atoms with Gasteiger partial charge in [0.1, 0.15) is 6.04 Å². The van der Waals surface area contributed by atoms with Crippen molar-refractivity contribution < 1.29 is 9.53 Å². The van der Waals surface area contributed by atoms with E-state index in [2.05, 4.69) is 11.4 Å². The minimum absolute atomic E-state index is 0.0374. The summed E-state index contributed by atoms with van der Waals surface area (Å²) in [4.78, 5) is 14.0.